The maximum Gasteiger partial charge on any atom is 0.0608 e. The Labute approximate surface area is 59.5 Å². The van der Waals surface area contributed by atoms with Crippen molar-refractivity contribution in [3.63, 3.8) is 0 Å². The largest absolute Gasteiger partial charge is 0.396 e. The molecule has 0 aliphatic heterocycles. The van der Waals surface area contributed by atoms with Gasteiger partial charge in [0.05, 0.1) is 12.6 Å². The standard InChI is InChI=1S/C6H11N3O/c7-9-8-6(4-10)3-5-1-2-5/h5-6,10H,1-4H2. The van der Waals surface area contributed by atoms with Gasteiger partial charge in [0.1, 0.15) is 0 Å². The number of rotatable bonds is 4. The van der Waals surface area contributed by atoms with Crippen LogP contribution in [0.15, 0.2) is 5.11 Å². The van der Waals surface area contributed by atoms with Crippen LogP contribution in [0.2, 0.25) is 0 Å². The second-order valence-electron chi connectivity index (χ2n) is 2.72. The van der Waals surface area contributed by atoms with Crippen molar-refractivity contribution in [1.29, 1.82) is 0 Å². The van der Waals surface area contributed by atoms with E-state index in [-0.39, 0.29) is 12.6 Å². The van der Waals surface area contributed by atoms with Crippen LogP contribution in [-0.2, 0) is 0 Å². The minimum absolute atomic E-state index is 0.0133. The number of aliphatic hydroxyl groups is 1. The van der Waals surface area contributed by atoms with Crippen LogP contribution in [0.3, 0.4) is 0 Å². The molecule has 1 N–H and O–H groups in total. The van der Waals surface area contributed by atoms with Gasteiger partial charge in [0.15, 0.2) is 0 Å². The lowest BCUT2D eigenvalue weighted by Gasteiger charge is -2.03. The molecule has 1 fully saturated rings. The van der Waals surface area contributed by atoms with E-state index < -0.39 is 0 Å². The summed E-state index contributed by atoms with van der Waals surface area (Å²) in [5.41, 5.74) is 8.05. The number of hydrogen-bond acceptors (Lipinski definition) is 2. The van der Waals surface area contributed by atoms with E-state index in [2.05, 4.69) is 10.0 Å². The minimum Gasteiger partial charge on any atom is -0.396 e. The third-order valence-corrected chi connectivity index (χ3v) is 1.73. The summed E-state index contributed by atoms with van der Waals surface area (Å²) in [4.78, 5) is 2.65. The second kappa shape index (κ2) is 3.44. The summed E-state index contributed by atoms with van der Waals surface area (Å²) in [6, 6.07) is -0.183. The van der Waals surface area contributed by atoms with Crippen molar-refractivity contribution in [2.24, 2.45) is 11.0 Å². The topological polar surface area (TPSA) is 69.0 Å². The molecule has 0 aromatic rings. The van der Waals surface area contributed by atoms with Crippen LogP contribution in [0.1, 0.15) is 19.3 Å². The van der Waals surface area contributed by atoms with Crippen molar-refractivity contribution in [2.75, 3.05) is 6.61 Å². The summed E-state index contributed by atoms with van der Waals surface area (Å²) in [5, 5.41) is 12.1. The lowest BCUT2D eigenvalue weighted by molar-refractivity contribution is 0.256. The highest BCUT2D eigenvalue weighted by atomic mass is 16.3. The summed E-state index contributed by atoms with van der Waals surface area (Å²) < 4.78 is 0. The van der Waals surface area contributed by atoms with Gasteiger partial charge in [0, 0.05) is 4.91 Å². The third kappa shape index (κ3) is 2.25. The normalized spacial score (nSPS) is 19.7. The molecule has 56 valence electrons. The first-order valence-corrected chi connectivity index (χ1v) is 3.52. The van der Waals surface area contributed by atoms with Crippen molar-refractivity contribution < 1.29 is 5.11 Å². The molecule has 0 spiro atoms. The van der Waals surface area contributed by atoms with Crippen LogP contribution in [0.4, 0.5) is 0 Å². The number of hydrogen-bond donors (Lipinski definition) is 1. The van der Waals surface area contributed by atoms with Crippen molar-refractivity contribution >= 4 is 0 Å². The van der Waals surface area contributed by atoms with Gasteiger partial charge in [0.25, 0.3) is 0 Å². The van der Waals surface area contributed by atoms with Crippen molar-refractivity contribution in [3.8, 4) is 0 Å². The molecule has 4 heteroatoms. The van der Waals surface area contributed by atoms with Crippen LogP contribution >= 0.6 is 0 Å². The lowest BCUT2D eigenvalue weighted by Crippen LogP contribution is -2.09. The number of nitrogens with zero attached hydrogens (tertiary/aromatic N) is 3. The van der Waals surface area contributed by atoms with Gasteiger partial charge < -0.3 is 5.11 Å². The Bertz CT molecular complexity index is 149. The Morgan fingerprint density at radius 1 is 1.70 bits per heavy atom. The van der Waals surface area contributed by atoms with E-state index in [0.29, 0.717) is 5.92 Å². The van der Waals surface area contributed by atoms with E-state index in [9.17, 15) is 0 Å². The van der Waals surface area contributed by atoms with Gasteiger partial charge in [-0.15, -0.1) is 0 Å². The van der Waals surface area contributed by atoms with E-state index in [0.717, 1.165) is 6.42 Å². The molecule has 0 radical (unpaired) electrons. The van der Waals surface area contributed by atoms with Gasteiger partial charge in [-0.25, -0.2) is 0 Å². The van der Waals surface area contributed by atoms with Crippen LogP contribution < -0.4 is 0 Å². The summed E-state index contributed by atoms with van der Waals surface area (Å²) in [7, 11) is 0. The molecule has 4 nitrogen and oxygen atoms in total. The van der Waals surface area contributed by atoms with Crippen molar-refractivity contribution in [2.45, 2.75) is 25.3 Å². The minimum atomic E-state index is -0.183. The Morgan fingerprint density at radius 3 is 2.80 bits per heavy atom. The molecule has 0 amide bonds. The fraction of sp³-hybridized carbons (Fsp3) is 1.00. The average Bonchev–Trinajstić information content (AvgIpc) is 2.71. The number of aliphatic hydroxyl groups excluding tert-OH is 1. The monoisotopic (exact) mass is 141 g/mol. The fourth-order valence-corrected chi connectivity index (χ4v) is 0.970. The quantitative estimate of drug-likeness (QED) is 0.359. The van der Waals surface area contributed by atoms with Gasteiger partial charge in [-0.1, -0.05) is 18.0 Å². The summed E-state index contributed by atoms with van der Waals surface area (Å²) >= 11 is 0. The first kappa shape index (κ1) is 7.38. The Hall–Kier alpha value is -0.730. The first-order valence-electron chi connectivity index (χ1n) is 3.52. The Morgan fingerprint density at radius 2 is 2.40 bits per heavy atom. The van der Waals surface area contributed by atoms with E-state index >= 15 is 0 Å². The fourth-order valence-electron chi connectivity index (χ4n) is 0.970. The molecule has 0 bridgehead atoms. The molecule has 1 aliphatic rings. The van der Waals surface area contributed by atoms with Gasteiger partial charge >= 0.3 is 0 Å². The predicted octanol–water partition coefficient (Wildman–Crippen LogP) is 1.46. The van der Waals surface area contributed by atoms with Gasteiger partial charge in [0.2, 0.25) is 0 Å². The van der Waals surface area contributed by atoms with E-state index in [1.165, 1.54) is 12.8 Å². The summed E-state index contributed by atoms with van der Waals surface area (Å²) in [5.74, 6) is 0.711. The maximum absolute atomic E-state index is 8.67. The molecular weight excluding hydrogens is 130 g/mol. The molecule has 0 heterocycles. The lowest BCUT2D eigenvalue weighted by atomic mass is 10.2. The second-order valence-corrected chi connectivity index (χ2v) is 2.72. The first-order chi connectivity index (χ1) is 4.86. The van der Waals surface area contributed by atoms with Crippen molar-refractivity contribution in [1.82, 2.24) is 0 Å². The number of azide groups is 1. The highest BCUT2D eigenvalue weighted by Crippen LogP contribution is 2.34. The molecule has 0 aromatic carbocycles. The van der Waals surface area contributed by atoms with Crippen LogP contribution in [0, 0.1) is 5.92 Å². The zero-order valence-electron chi connectivity index (χ0n) is 5.77. The zero-order chi connectivity index (χ0) is 7.40. The molecule has 0 saturated heterocycles. The SMILES string of the molecule is [N-]=[N+]=NC(CO)CC1CC1. The van der Waals surface area contributed by atoms with Crippen LogP contribution in [0.5, 0.6) is 0 Å². The Balaban J connectivity index is 2.24. The summed E-state index contributed by atoms with van der Waals surface area (Å²) in [6.07, 6.45) is 3.33. The predicted molar refractivity (Wildman–Crippen MR) is 37.4 cm³/mol. The smallest absolute Gasteiger partial charge is 0.0608 e. The molecular formula is C6H11N3O. The van der Waals surface area contributed by atoms with E-state index in [1.54, 1.807) is 0 Å². The molecule has 1 aliphatic carbocycles. The van der Waals surface area contributed by atoms with E-state index in [1.807, 2.05) is 0 Å². The molecule has 1 atom stereocenters. The maximum atomic E-state index is 8.67. The third-order valence-electron chi connectivity index (χ3n) is 1.73. The molecule has 0 aromatic heterocycles. The Kier molecular flexibility index (Phi) is 2.54. The van der Waals surface area contributed by atoms with E-state index in [4.69, 9.17) is 10.6 Å². The average molecular weight is 141 g/mol. The highest BCUT2D eigenvalue weighted by Gasteiger charge is 2.24. The van der Waals surface area contributed by atoms with Gasteiger partial charge in [-0.3, -0.25) is 0 Å². The van der Waals surface area contributed by atoms with Gasteiger partial charge in [-0.05, 0) is 17.9 Å². The van der Waals surface area contributed by atoms with Crippen molar-refractivity contribution in [3.05, 3.63) is 10.4 Å². The molecule has 1 rings (SSSR count). The van der Waals surface area contributed by atoms with Crippen LogP contribution in [-0.4, -0.2) is 17.8 Å². The molecule has 10 heavy (non-hydrogen) atoms. The molecule has 1 unspecified atom stereocenters. The van der Waals surface area contributed by atoms with Crippen LogP contribution in [0.25, 0.3) is 10.4 Å². The summed E-state index contributed by atoms with van der Waals surface area (Å²) in [6.45, 7) is -0.0133. The molecule has 1 saturated carbocycles. The van der Waals surface area contributed by atoms with Gasteiger partial charge in [-0.2, -0.15) is 0 Å². The highest BCUT2D eigenvalue weighted by molar-refractivity contribution is 4.79. The zero-order valence-corrected chi connectivity index (χ0v) is 5.77.